The van der Waals surface area contributed by atoms with E-state index >= 15 is 0 Å². The summed E-state index contributed by atoms with van der Waals surface area (Å²) < 4.78 is 11.6. The third kappa shape index (κ3) is 5.38. The molecule has 0 amide bonds. The maximum absolute atomic E-state index is 5.99. The van der Waals surface area contributed by atoms with Crippen LogP contribution < -0.4 is 20.2 Å². The molecule has 1 saturated heterocycles. The molecule has 3 rings (SSSR count). The number of piperidine rings is 1. The van der Waals surface area contributed by atoms with Crippen molar-refractivity contribution in [3.63, 3.8) is 0 Å². The first kappa shape index (κ1) is 20.0. The van der Waals surface area contributed by atoms with Crippen molar-refractivity contribution < 1.29 is 9.47 Å². The van der Waals surface area contributed by atoms with E-state index in [4.69, 9.17) is 9.47 Å². The van der Waals surface area contributed by atoms with E-state index in [-0.39, 0.29) is 6.04 Å². The van der Waals surface area contributed by atoms with E-state index in [1.165, 1.54) is 49.8 Å². The molecule has 2 N–H and O–H groups in total. The van der Waals surface area contributed by atoms with Gasteiger partial charge in [-0.3, -0.25) is 0 Å². The molecule has 2 unspecified atom stereocenters. The van der Waals surface area contributed by atoms with Crippen LogP contribution in [0.15, 0.2) is 23.3 Å². The molecule has 27 heavy (non-hydrogen) atoms. The minimum Gasteiger partial charge on any atom is -0.493 e. The van der Waals surface area contributed by atoms with Crippen molar-refractivity contribution in [2.75, 3.05) is 26.8 Å². The minimum atomic E-state index is 0.221. The van der Waals surface area contributed by atoms with Crippen LogP contribution in [0.5, 0.6) is 11.5 Å². The number of nitrogens with zero attached hydrogens (tertiary/aromatic N) is 1. The fraction of sp³-hybridized carbons (Fsp3) is 0.682. The Balaban J connectivity index is 1.48. The van der Waals surface area contributed by atoms with Gasteiger partial charge < -0.3 is 20.2 Å². The molecule has 2 heterocycles. The number of hydrazone groups is 1. The molecule has 0 aliphatic carbocycles. The number of ether oxygens (including phenoxy) is 2. The molecule has 150 valence electrons. The van der Waals surface area contributed by atoms with E-state index < -0.39 is 0 Å². The van der Waals surface area contributed by atoms with Crippen molar-refractivity contribution in [3.8, 4) is 11.5 Å². The average Bonchev–Trinajstić information content (AvgIpc) is 3.14. The number of benzene rings is 1. The van der Waals surface area contributed by atoms with Crippen molar-refractivity contribution in [1.29, 1.82) is 0 Å². The van der Waals surface area contributed by atoms with Gasteiger partial charge in [-0.05, 0) is 24.1 Å². The Morgan fingerprint density at radius 3 is 2.70 bits per heavy atom. The van der Waals surface area contributed by atoms with Gasteiger partial charge in [0.05, 0.1) is 19.8 Å². The van der Waals surface area contributed by atoms with E-state index in [0.29, 0.717) is 5.92 Å². The van der Waals surface area contributed by atoms with Gasteiger partial charge in [-0.25, -0.2) is 0 Å². The fourth-order valence-electron chi connectivity index (χ4n) is 4.01. The number of fused-ring (bicyclic) bond motifs is 1. The van der Waals surface area contributed by atoms with Crippen LogP contribution in [0.2, 0.25) is 0 Å². The summed E-state index contributed by atoms with van der Waals surface area (Å²) in [5.41, 5.74) is 5.82. The second-order valence-electron chi connectivity index (χ2n) is 7.65. The molecule has 0 aromatic heterocycles. The molecule has 1 fully saturated rings. The van der Waals surface area contributed by atoms with E-state index in [9.17, 15) is 0 Å². The summed E-state index contributed by atoms with van der Waals surface area (Å²) in [4.78, 5) is 0. The van der Waals surface area contributed by atoms with Crippen LogP contribution >= 0.6 is 0 Å². The molecule has 2 atom stereocenters. The second-order valence-corrected chi connectivity index (χ2v) is 7.65. The van der Waals surface area contributed by atoms with Crippen molar-refractivity contribution in [2.45, 2.75) is 64.3 Å². The fourth-order valence-corrected chi connectivity index (χ4v) is 4.01. The number of unbranched alkanes of at least 4 members (excludes halogenated alkanes) is 6. The Bertz CT molecular complexity index is 618. The largest absolute Gasteiger partial charge is 0.493 e. The molecule has 2 aliphatic rings. The van der Waals surface area contributed by atoms with Crippen LogP contribution in [0, 0.1) is 5.92 Å². The van der Waals surface area contributed by atoms with Gasteiger partial charge in [-0.1, -0.05) is 51.5 Å². The molecule has 1 aromatic rings. The lowest BCUT2D eigenvalue weighted by Gasteiger charge is -2.25. The molecule has 0 spiro atoms. The Hall–Kier alpha value is -1.75. The topological polar surface area (TPSA) is 54.9 Å². The van der Waals surface area contributed by atoms with Crippen LogP contribution in [-0.2, 0) is 0 Å². The standard InChI is InChI=1S/C22H35N3O2/c1-3-4-5-6-7-8-9-14-27-20-11-10-17(15-21(20)26-2)22-18-16-23-13-12-19(18)24-25-22/h10-11,15,18,22-23,25H,3-9,12-14,16H2,1-2H3. The van der Waals surface area contributed by atoms with Gasteiger partial charge in [0.25, 0.3) is 0 Å². The highest BCUT2D eigenvalue weighted by Crippen LogP contribution is 2.35. The van der Waals surface area contributed by atoms with E-state index in [1.807, 2.05) is 6.07 Å². The van der Waals surface area contributed by atoms with Crippen molar-refractivity contribution >= 4 is 5.71 Å². The zero-order valence-electron chi connectivity index (χ0n) is 16.9. The molecule has 2 aliphatic heterocycles. The predicted octanol–water partition coefficient (Wildman–Crippen LogP) is 4.43. The predicted molar refractivity (Wildman–Crippen MR) is 111 cm³/mol. The normalized spacial score (nSPS) is 21.3. The van der Waals surface area contributed by atoms with Gasteiger partial charge in [0.15, 0.2) is 11.5 Å². The maximum atomic E-state index is 5.99. The highest BCUT2D eigenvalue weighted by molar-refractivity contribution is 5.89. The van der Waals surface area contributed by atoms with Gasteiger partial charge in [-0.2, -0.15) is 5.10 Å². The lowest BCUT2D eigenvalue weighted by atomic mass is 9.87. The molecule has 1 aromatic carbocycles. The van der Waals surface area contributed by atoms with Crippen LogP contribution in [0.25, 0.3) is 0 Å². The average molecular weight is 374 g/mol. The molecular weight excluding hydrogens is 338 g/mol. The van der Waals surface area contributed by atoms with E-state index in [1.54, 1.807) is 7.11 Å². The Kier molecular flexibility index (Phi) is 7.81. The molecule has 0 saturated carbocycles. The molecule has 0 bridgehead atoms. The monoisotopic (exact) mass is 373 g/mol. The smallest absolute Gasteiger partial charge is 0.161 e. The first-order valence-electron chi connectivity index (χ1n) is 10.7. The summed E-state index contributed by atoms with van der Waals surface area (Å²) in [6, 6.07) is 6.52. The maximum Gasteiger partial charge on any atom is 0.161 e. The Morgan fingerprint density at radius 2 is 1.89 bits per heavy atom. The second kappa shape index (κ2) is 10.5. The Labute approximate surface area is 163 Å². The SMILES string of the molecule is CCCCCCCCCOc1ccc(C2NN=C3CCNCC32)cc1OC. The molecule has 5 heteroatoms. The molecular formula is C22H35N3O2. The zero-order valence-corrected chi connectivity index (χ0v) is 16.9. The highest BCUT2D eigenvalue weighted by atomic mass is 16.5. The summed E-state index contributed by atoms with van der Waals surface area (Å²) in [5.74, 6) is 2.09. The summed E-state index contributed by atoms with van der Waals surface area (Å²) in [5, 5.41) is 8.02. The van der Waals surface area contributed by atoms with Crippen LogP contribution in [0.4, 0.5) is 0 Å². The zero-order chi connectivity index (χ0) is 18.9. The number of methoxy groups -OCH3 is 1. The van der Waals surface area contributed by atoms with Gasteiger partial charge >= 0.3 is 0 Å². The third-order valence-corrected chi connectivity index (χ3v) is 5.65. The van der Waals surface area contributed by atoms with E-state index in [2.05, 4.69) is 34.9 Å². The molecule has 5 nitrogen and oxygen atoms in total. The summed E-state index contributed by atoms with van der Waals surface area (Å²) in [7, 11) is 1.71. The van der Waals surface area contributed by atoms with Gasteiger partial charge in [0.2, 0.25) is 0 Å². The van der Waals surface area contributed by atoms with Crippen LogP contribution in [0.1, 0.15) is 69.9 Å². The van der Waals surface area contributed by atoms with Gasteiger partial charge in [-0.15, -0.1) is 0 Å². The van der Waals surface area contributed by atoms with Crippen LogP contribution in [0.3, 0.4) is 0 Å². The number of hydrogen-bond acceptors (Lipinski definition) is 5. The quantitative estimate of drug-likeness (QED) is 0.563. The molecule has 0 radical (unpaired) electrons. The van der Waals surface area contributed by atoms with Crippen LogP contribution in [-0.4, -0.2) is 32.5 Å². The lowest BCUT2D eigenvalue weighted by Crippen LogP contribution is -2.38. The van der Waals surface area contributed by atoms with Gasteiger partial charge in [0, 0.05) is 31.1 Å². The van der Waals surface area contributed by atoms with Crippen molar-refractivity contribution in [3.05, 3.63) is 23.8 Å². The number of hydrogen-bond donors (Lipinski definition) is 2. The highest BCUT2D eigenvalue weighted by Gasteiger charge is 2.34. The van der Waals surface area contributed by atoms with Gasteiger partial charge in [0.1, 0.15) is 0 Å². The summed E-state index contributed by atoms with van der Waals surface area (Å²) >= 11 is 0. The minimum absolute atomic E-state index is 0.221. The first-order chi connectivity index (χ1) is 13.3. The number of rotatable bonds is 11. The van der Waals surface area contributed by atoms with Crippen molar-refractivity contribution in [1.82, 2.24) is 10.7 Å². The van der Waals surface area contributed by atoms with E-state index in [0.717, 1.165) is 44.0 Å². The summed E-state index contributed by atoms with van der Waals surface area (Å²) in [6.07, 6.45) is 10.1. The van der Waals surface area contributed by atoms with Crippen molar-refractivity contribution in [2.24, 2.45) is 11.0 Å². The Morgan fingerprint density at radius 1 is 1.07 bits per heavy atom. The summed E-state index contributed by atoms with van der Waals surface area (Å²) in [6.45, 7) is 5.02. The number of nitrogens with one attached hydrogen (secondary N) is 2. The first-order valence-corrected chi connectivity index (χ1v) is 10.7. The lowest BCUT2D eigenvalue weighted by molar-refractivity contribution is 0.284. The third-order valence-electron chi connectivity index (χ3n) is 5.65.